The molecule has 1 saturated heterocycles. The van der Waals surface area contributed by atoms with E-state index >= 15 is 0 Å². The zero-order valence-corrected chi connectivity index (χ0v) is 11.4. The Kier molecular flexibility index (Phi) is 6.52. The van der Waals surface area contributed by atoms with E-state index in [4.69, 9.17) is 4.74 Å². The molecule has 100 valence electrons. The summed E-state index contributed by atoms with van der Waals surface area (Å²) in [6.45, 7) is 9.41. The van der Waals surface area contributed by atoms with E-state index < -0.39 is 0 Å². The largest absolute Gasteiger partial charge is 0.465 e. The van der Waals surface area contributed by atoms with Gasteiger partial charge in [0.2, 0.25) is 0 Å². The Bertz CT molecular complexity index is 225. The number of hydrogen-bond acceptors (Lipinski definition) is 4. The molecule has 0 aromatic rings. The van der Waals surface area contributed by atoms with Gasteiger partial charge in [0, 0.05) is 12.6 Å². The lowest BCUT2D eigenvalue weighted by Gasteiger charge is -2.30. The highest BCUT2D eigenvalue weighted by Crippen LogP contribution is 2.09. The highest BCUT2D eigenvalue weighted by Gasteiger charge is 2.24. The summed E-state index contributed by atoms with van der Waals surface area (Å²) < 4.78 is 5.12. The lowest BCUT2D eigenvalue weighted by molar-refractivity contribution is -0.146. The zero-order chi connectivity index (χ0) is 12.7. The van der Waals surface area contributed by atoms with Gasteiger partial charge in [-0.25, -0.2) is 0 Å². The maximum atomic E-state index is 11.8. The van der Waals surface area contributed by atoms with Crippen LogP contribution in [0.4, 0.5) is 0 Å². The van der Waals surface area contributed by atoms with Gasteiger partial charge in [0.15, 0.2) is 0 Å². The molecule has 17 heavy (non-hydrogen) atoms. The molecule has 4 heteroatoms. The molecular formula is C13H26N2O2. The van der Waals surface area contributed by atoms with Gasteiger partial charge < -0.3 is 15.0 Å². The Morgan fingerprint density at radius 1 is 1.29 bits per heavy atom. The van der Waals surface area contributed by atoms with Crippen LogP contribution in [0.15, 0.2) is 0 Å². The minimum Gasteiger partial charge on any atom is -0.465 e. The molecule has 0 aliphatic carbocycles. The summed E-state index contributed by atoms with van der Waals surface area (Å²) in [6, 6.07) is 0.113. The molecule has 4 nitrogen and oxygen atoms in total. The van der Waals surface area contributed by atoms with Crippen molar-refractivity contribution in [1.82, 2.24) is 10.2 Å². The number of carbonyl (C=O) groups is 1. The van der Waals surface area contributed by atoms with E-state index in [0.717, 1.165) is 19.6 Å². The smallest absolute Gasteiger partial charge is 0.324 e. The molecule has 1 unspecified atom stereocenters. The Balaban J connectivity index is 2.46. The number of rotatable bonds is 6. The number of hydrogen-bond donors (Lipinski definition) is 1. The second-order valence-corrected chi connectivity index (χ2v) is 4.99. The molecule has 0 amide bonds. The van der Waals surface area contributed by atoms with Crippen LogP contribution in [0.1, 0.15) is 40.0 Å². The number of likely N-dealkylation sites (tertiary alicyclic amines) is 1. The standard InChI is InChI=1S/C13H26N2O2/c1-4-17-13(16)12(14-11(2)3)10-15-8-6-5-7-9-15/h11-12,14H,4-10H2,1-3H3. The van der Waals surface area contributed by atoms with Crippen LogP contribution < -0.4 is 5.32 Å². The van der Waals surface area contributed by atoms with Crippen LogP contribution in [0.25, 0.3) is 0 Å². The summed E-state index contributed by atoms with van der Waals surface area (Å²) in [4.78, 5) is 14.2. The molecule has 1 atom stereocenters. The molecule has 1 aliphatic heterocycles. The third kappa shape index (κ3) is 5.50. The van der Waals surface area contributed by atoms with Gasteiger partial charge in [0.05, 0.1) is 6.61 Å². The summed E-state index contributed by atoms with van der Waals surface area (Å²) in [7, 11) is 0. The molecule has 0 bridgehead atoms. The number of piperidine rings is 1. The van der Waals surface area contributed by atoms with Gasteiger partial charge >= 0.3 is 5.97 Å². The molecule has 1 aliphatic rings. The first-order valence-corrected chi connectivity index (χ1v) is 6.78. The topological polar surface area (TPSA) is 41.6 Å². The second-order valence-electron chi connectivity index (χ2n) is 4.99. The predicted molar refractivity (Wildman–Crippen MR) is 69.0 cm³/mol. The molecule has 0 spiro atoms. The number of nitrogens with zero attached hydrogens (tertiary/aromatic N) is 1. The molecule has 0 saturated carbocycles. The first-order chi connectivity index (χ1) is 8.13. The van der Waals surface area contributed by atoms with E-state index in [2.05, 4.69) is 24.1 Å². The van der Waals surface area contributed by atoms with Gasteiger partial charge in [-0.3, -0.25) is 4.79 Å². The number of carbonyl (C=O) groups excluding carboxylic acids is 1. The molecule has 0 aromatic heterocycles. The molecule has 0 aromatic carbocycles. The minimum absolute atomic E-state index is 0.119. The first-order valence-electron chi connectivity index (χ1n) is 6.78. The van der Waals surface area contributed by atoms with Crippen LogP contribution in [0.2, 0.25) is 0 Å². The van der Waals surface area contributed by atoms with Gasteiger partial charge in [0.25, 0.3) is 0 Å². The van der Waals surface area contributed by atoms with Crippen molar-refractivity contribution in [1.29, 1.82) is 0 Å². The summed E-state index contributed by atoms with van der Waals surface area (Å²) in [5, 5.41) is 3.30. The Morgan fingerprint density at radius 3 is 2.47 bits per heavy atom. The van der Waals surface area contributed by atoms with Crippen molar-refractivity contribution in [2.45, 2.75) is 52.1 Å². The van der Waals surface area contributed by atoms with Crippen LogP contribution in [-0.4, -0.2) is 49.2 Å². The van der Waals surface area contributed by atoms with Crippen molar-refractivity contribution in [3.05, 3.63) is 0 Å². The highest BCUT2D eigenvalue weighted by molar-refractivity contribution is 5.76. The second kappa shape index (κ2) is 7.67. The van der Waals surface area contributed by atoms with Gasteiger partial charge in [-0.05, 0) is 32.9 Å². The molecule has 1 N–H and O–H groups in total. The average molecular weight is 242 g/mol. The van der Waals surface area contributed by atoms with Gasteiger partial charge in [-0.2, -0.15) is 0 Å². The van der Waals surface area contributed by atoms with E-state index in [1.165, 1.54) is 19.3 Å². The lowest BCUT2D eigenvalue weighted by atomic mass is 10.1. The van der Waals surface area contributed by atoms with E-state index in [1.54, 1.807) is 0 Å². The third-order valence-electron chi connectivity index (χ3n) is 3.00. The number of esters is 1. The SMILES string of the molecule is CCOC(=O)C(CN1CCCCC1)NC(C)C. The monoisotopic (exact) mass is 242 g/mol. The summed E-state index contributed by atoms with van der Waals surface area (Å²) >= 11 is 0. The van der Waals surface area contributed by atoms with Crippen molar-refractivity contribution < 1.29 is 9.53 Å². The highest BCUT2D eigenvalue weighted by atomic mass is 16.5. The van der Waals surface area contributed by atoms with Crippen LogP contribution in [0.5, 0.6) is 0 Å². The van der Waals surface area contributed by atoms with Crippen LogP contribution in [-0.2, 0) is 9.53 Å². The molecule has 1 heterocycles. The fourth-order valence-corrected chi connectivity index (χ4v) is 2.24. The molecule has 1 rings (SSSR count). The van der Waals surface area contributed by atoms with E-state index in [9.17, 15) is 4.79 Å². The molecular weight excluding hydrogens is 216 g/mol. The summed E-state index contributed by atoms with van der Waals surface area (Å²) in [6.07, 6.45) is 3.81. The summed E-state index contributed by atoms with van der Waals surface area (Å²) in [5.41, 5.74) is 0. The Hall–Kier alpha value is -0.610. The first kappa shape index (κ1) is 14.5. The number of ether oxygens (including phenoxy) is 1. The maximum absolute atomic E-state index is 11.8. The Labute approximate surface area is 105 Å². The fourth-order valence-electron chi connectivity index (χ4n) is 2.24. The van der Waals surface area contributed by atoms with E-state index in [0.29, 0.717) is 12.6 Å². The molecule has 0 radical (unpaired) electrons. The van der Waals surface area contributed by atoms with Crippen molar-refractivity contribution in [2.24, 2.45) is 0 Å². The van der Waals surface area contributed by atoms with Gasteiger partial charge in [-0.1, -0.05) is 20.3 Å². The van der Waals surface area contributed by atoms with Crippen molar-refractivity contribution >= 4 is 5.97 Å². The van der Waals surface area contributed by atoms with Crippen LogP contribution in [0.3, 0.4) is 0 Å². The van der Waals surface area contributed by atoms with Crippen molar-refractivity contribution in [3.63, 3.8) is 0 Å². The quantitative estimate of drug-likeness (QED) is 0.715. The van der Waals surface area contributed by atoms with Crippen LogP contribution in [0, 0.1) is 0 Å². The normalized spacial score (nSPS) is 19.3. The third-order valence-corrected chi connectivity index (χ3v) is 3.00. The van der Waals surface area contributed by atoms with E-state index in [1.807, 2.05) is 6.92 Å². The van der Waals surface area contributed by atoms with Crippen molar-refractivity contribution in [3.8, 4) is 0 Å². The van der Waals surface area contributed by atoms with Crippen LogP contribution >= 0.6 is 0 Å². The number of nitrogens with one attached hydrogen (secondary N) is 1. The maximum Gasteiger partial charge on any atom is 0.324 e. The molecule has 1 fully saturated rings. The minimum atomic E-state index is -0.187. The average Bonchev–Trinajstić information content (AvgIpc) is 2.29. The Morgan fingerprint density at radius 2 is 1.94 bits per heavy atom. The fraction of sp³-hybridized carbons (Fsp3) is 0.923. The predicted octanol–water partition coefficient (Wildman–Crippen LogP) is 1.40. The lowest BCUT2D eigenvalue weighted by Crippen LogP contribution is -2.50. The van der Waals surface area contributed by atoms with Gasteiger partial charge in [-0.15, -0.1) is 0 Å². The summed E-state index contributed by atoms with van der Waals surface area (Å²) in [5.74, 6) is -0.119. The van der Waals surface area contributed by atoms with Crippen molar-refractivity contribution in [2.75, 3.05) is 26.2 Å². The van der Waals surface area contributed by atoms with Gasteiger partial charge in [0.1, 0.15) is 6.04 Å². The van der Waals surface area contributed by atoms with E-state index in [-0.39, 0.29) is 12.0 Å². The zero-order valence-electron chi connectivity index (χ0n) is 11.4.